The number of nitrogens with zero attached hydrogens (tertiary/aromatic N) is 2. The number of rotatable bonds is 6. The number of carbonyl (C=O) groups excluding carboxylic acids is 1. The van der Waals surface area contributed by atoms with E-state index in [1.54, 1.807) is 11.0 Å². The van der Waals surface area contributed by atoms with Gasteiger partial charge in [0.05, 0.1) is 0 Å². The summed E-state index contributed by atoms with van der Waals surface area (Å²) in [6.07, 6.45) is 2.37. The molecule has 19 heavy (non-hydrogen) atoms. The van der Waals surface area contributed by atoms with Crippen molar-refractivity contribution in [3.63, 3.8) is 0 Å². The molecule has 0 saturated heterocycles. The summed E-state index contributed by atoms with van der Waals surface area (Å²) in [5.74, 6) is -1.06. The monoisotopic (exact) mass is 265 g/mol. The van der Waals surface area contributed by atoms with Gasteiger partial charge in [0.2, 0.25) is 0 Å². The van der Waals surface area contributed by atoms with Crippen molar-refractivity contribution in [1.29, 1.82) is 0 Å². The molecule has 104 valence electrons. The normalized spacial score (nSPS) is 10.0. The third kappa shape index (κ3) is 4.57. The van der Waals surface area contributed by atoms with Crippen LogP contribution in [0.4, 0.5) is 4.79 Å². The smallest absolute Gasteiger partial charge is 0.354 e. The molecule has 0 spiro atoms. The second-order valence-electron chi connectivity index (χ2n) is 4.10. The third-order valence-electron chi connectivity index (χ3n) is 2.65. The molecule has 1 rings (SSSR count). The van der Waals surface area contributed by atoms with Crippen molar-refractivity contribution < 1.29 is 14.7 Å². The molecule has 0 aliphatic carbocycles. The molecule has 0 aromatic carbocycles. The molecule has 6 heteroatoms. The van der Waals surface area contributed by atoms with Gasteiger partial charge in [-0.15, -0.1) is 0 Å². The van der Waals surface area contributed by atoms with Crippen molar-refractivity contribution in [3.8, 4) is 0 Å². The first-order valence-electron chi connectivity index (χ1n) is 6.29. The predicted octanol–water partition coefficient (Wildman–Crippen LogP) is 1.72. The molecular formula is C13H19N3O3. The van der Waals surface area contributed by atoms with Crippen LogP contribution in [0.2, 0.25) is 0 Å². The van der Waals surface area contributed by atoms with Crippen LogP contribution in [0.3, 0.4) is 0 Å². The van der Waals surface area contributed by atoms with E-state index >= 15 is 0 Å². The summed E-state index contributed by atoms with van der Waals surface area (Å²) in [5, 5.41) is 11.5. The zero-order chi connectivity index (χ0) is 14.3. The van der Waals surface area contributed by atoms with Crippen molar-refractivity contribution in [2.75, 3.05) is 13.1 Å². The summed E-state index contributed by atoms with van der Waals surface area (Å²) in [6, 6.07) is 2.95. The molecule has 0 atom stereocenters. The standard InChI is InChI=1S/C13H19N3O3/c1-3-7-16(4-2)13(19)15-9-10-5-6-11(12(17)18)14-8-10/h5-6,8H,3-4,7,9H2,1-2H3,(H,15,19)(H,17,18). The van der Waals surface area contributed by atoms with Crippen molar-refractivity contribution in [1.82, 2.24) is 15.2 Å². The van der Waals surface area contributed by atoms with Crippen molar-refractivity contribution in [2.45, 2.75) is 26.8 Å². The Labute approximate surface area is 112 Å². The van der Waals surface area contributed by atoms with E-state index in [-0.39, 0.29) is 11.7 Å². The molecule has 1 aromatic heterocycles. The highest BCUT2D eigenvalue weighted by molar-refractivity contribution is 5.85. The minimum atomic E-state index is -1.06. The van der Waals surface area contributed by atoms with Gasteiger partial charge >= 0.3 is 12.0 Å². The Hall–Kier alpha value is -2.11. The summed E-state index contributed by atoms with van der Waals surface area (Å²) < 4.78 is 0. The largest absolute Gasteiger partial charge is 0.477 e. The van der Waals surface area contributed by atoms with Crippen LogP contribution in [-0.2, 0) is 6.54 Å². The second-order valence-corrected chi connectivity index (χ2v) is 4.10. The Morgan fingerprint density at radius 2 is 2.11 bits per heavy atom. The molecule has 0 aliphatic heterocycles. The SMILES string of the molecule is CCCN(CC)C(=O)NCc1ccc(C(=O)O)nc1. The Balaban J connectivity index is 2.52. The lowest BCUT2D eigenvalue weighted by Gasteiger charge is -2.20. The molecule has 1 aromatic rings. The van der Waals surface area contributed by atoms with E-state index in [0.29, 0.717) is 13.1 Å². The molecule has 0 radical (unpaired) electrons. The third-order valence-corrected chi connectivity index (χ3v) is 2.65. The average Bonchev–Trinajstić information content (AvgIpc) is 2.42. The number of pyridine rings is 1. The number of hydrogen-bond acceptors (Lipinski definition) is 3. The summed E-state index contributed by atoms with van der Waals surface area (Å²) in [4.78, 5) is 28.0. The van der Waals surface area contributed by atoms with Gasteiger partial charge in [0.15, 0.2) is 0 Å². The fourth-order valence-corrected chi connectivity index (χ4v) is 1.62. The van der Waals surface area contributed by atoms with Crippen LogP contribution in [0.15, 0.2) is 18.3 Å². The molecule has 0 aliphatic rings. The molecule has 2 N–H and O–H groups in total. The van der Waals surface area contributed by atoms with Gasteiger partial charge in [0, 0.05) is 25.8 Å². The molecule has 0 bridgehead atoms. The zero-order valence-electron chi connectivity index (χ0n) is 11.2. The van der Waals surface area contributed by atoms with E-state index < -0.39 is 5.97 Å². The number of carbonyl (C=O) groups is 2. The first-order valence-corrected chi connectivity index (χ1v) is 6.29. The number of carboxylic acid groups (broad SMARTS) is 1. The maximum Gasteiger partial charge on any atom is 0.354 e. The zero-order valence-corrected chi connectivity index (χ0v) is 11.2. The van der Waals surface area contributed by atoms with Crippen LogP contribution in [0.5, 0.6) is 0 Å². The van der Waals surface area contributed by atoms with Crippen molar-refractivity contribution in [2.24, 2.45) is 0 Å². The van der Waals surface area contributed by atoms with Gasteiger partial charge in [0.25, 0.3) is 0 Å². The maximum atomic E-state index is 11.8. The van der Waals surface area contributed by atoms with E-state index in [4.69, 9.17) is 5.11 Å². The highest BCUT2D eigenvalue weighted by Crippen LogP contribution is 2.01. The highest BCUT2D eigenvalue weighted by atomic mass is 16.4. The number of carboxylic acids is 1. The quantitative estimate of drug-likeness (QED) is 0.820. The van der Waals surface area contributed by atoms with Gasteiger partial charge in [-0.3, -0.25) is 0 Å². The minimum Gasteiger partial charge on any atom is -0.477 e. The predicted molar refractivity (Wildman–Crippen MR) is 71.0 cm³/mol. The van der Waals surface area contributed by atoms with Crippen LogP contribution >= 0.6 is 0 Å². The van der Waals surface area contributed by atoms with Gasteiger partial charge in [-0.25, -0.2) is 14.6 Å². The summed E-state index contributed by atoms with van der Waals surface area (Å²) in [7, 11) is 0. The Bertz CT molecular complexity index is 431. The van der Waals surface area contributed by atoms with Gasteiger partial charge in [-0.05, 0) is 25.0 Å². The lowest BCUT2D eigenvalue weighted by atomic mass is 10.2. The molecule has 6 nitrogen and oxygen atoms in total. The Morgan fingerprint density at radius 3 is 2.58 bits per heavy atom. The molecular weight excluding hydrogens is 246 g/mol. The lowest BCUT2D eigenvalue weighted by Crippen LogP contribution is -2.39. The molecule has 0 saturated carbocycles. The van der Waals surface area contributed by atoms with E-state index in [1.165, 1.54) is 12.3 Å². The van der Waals surface area contributed by atoms with Gasteiger partial charge in [-0.2, -0.15) is 0 Å². The van der Waals surface area contributed by atoms with E-state index in [0.717, 1.165) is 18.5 Å². The number of urea groups is 1. The van der Waals surface area contributed by atoms with Gasteiger partial charge in [-0.1, -0.05) is 13.0 Å². The number of hydrogen-bond donors (Lipinski definition) is 2. The molecule has 0 unspecified atom stereocenters. The first-order chi connectivity index (χ1) is 9.08. The molecule has 2 amide bonds. The van der Waals surface area contributed by atoms with Crippen LogP contribution < -0.4 is 5.32 Å². The lowest BCUT2D eigenvalue weighted by molar-refractivity contribution is 0.0690. The number of aromatic carboxylic acids is 1. The van der Waals surface area contributed by atoms with Crippen LogP contribution in [0, 0.1) is 0 Å². The molecule has 1 heterocycles. The highest BCUT2D eigenvalue weighted by Gasteiger charge is 2.10. The number of nitrogens with one attached hydrogen (secondary N) is 1. The van der Waals surface area contributed by atoms with Crippen LogP contribution in [-0.4, -0.2) is 40.1 Å². The van der Waals surface area contributed by atoms with Crippen molar-refractivity contribution >= 4 is 12.0 Å². The van der Waals surface area contributed by atoms with Crippen LogP contribution in [0.25, 0.3) is 0 Å². The number of amides is 2. The van der Waals surface area contributed by atoms with Crippen molar-refractivity contribution in [3.05, 3.63) is 29.6 Å². The fraction of sp³-hybridized carbons (Fsp3) is 0.462. The first kappa shape index (κ1) is 14.9. The topological polar surface area (TPSA) is 82.5 Å². The summed E-state index contributed by atoms with van der Waals surface area (Å²) in [6.45, 7) is 5.67. The Morgan fingerprint density at radius 1 is 1.37 bits per heavy atom. The van der Waals surface area contributed by atoms with E-state index in [1.807, 2.05) is 13.8 Å². The Kier molecular flexibility index (Phi) is 5.78. The van der Waals surface area contributed by atoms with Gasteiger partial charge < -0.3 is 15.3 Å². The summed E-state index contributed by atoms with van der Waals surface area (Å²) >= 11 is 0. The minimum absolute atomic E-state index is 0.00348. The number of aromatic nitrogens is 1. The summed E-state index contributed by atoms with van der Waals surface area (Å²) in [5.41, 5.74) is 0.766. The van der Waals surface area contributed by atoms with E-state index in [9.17, 15) is 9.59 Å². The second kappa shape index (κ2) is 7.35. The maximum absolute atomic E-state index is 11.8. The van der Waals surface area contributed by atoms with E-state index in [2.05, 4.69) is 10.3 Å². The fourth-order valence-electron chi connectivity index (χ4n) is 1.62. The average molecular weight is 265 g/mol. The molecule has 0 fully saturated rings. The van der Waals surface area contributed by atoms with Crippen LogP contribution in [0.1, 0.15) is 36.3 Å². The van der Waals surface area contributed by atoms with Gasteiger partial charge in [0.1, 0.15) is 5.69 Å².